The molecule has 3 nitrogen and oxygen atoms in total. The van der Waals surface area contributed by atoms with Gasteiger partial charge in [-0.2, -0.15) is 0 Å². The zero-order valence-electron chi connectivity index (χ0n) is 11.9. The predicted octanol–water partition coefficient (Wildman–Crippen LogP) is 3.03. The van der Waals surface area contributed by atoms with Crippen molar-refractivity contribution < 1.29 is 9.53 Å². The van der Waals surface area contributed by atoms with Gasteiger partial charge in [-0.15, -0.1) is 0 Å². The lowest BCUT2D eigenvalue weighted by molar-refractivity contribution is -0.150. The van der Waals surface area contributed by atoms with Gasteiger partial charge in [0.1, 0.15) is 0 Å². The Morgan fingerprint density at radius 2 is 2.00 bits per heavy atom. The van der Waals surface area contributed by atoms with E-state index in [1.807, 2.05) is 0 Å². The second-order valence-electron chi connectivity index (χ2n) is 5.91. The van der Waals surface area contributed by atoms with E-state index in [9.17, 15) is 4.79 Å². The van der Waals surface area contributed by atoms with Crippen LogP contribution in [0.2, 0.25) is 0 Å². The smallest absolute Gasteiger partial charge is 0.310 e. The molecular weight excluding hydrogens is 362 g/mol. The highest BCUT2D eigenvalue weighted by Gasteiger charge is 2.49. The van der Waals surface area contributed by atoms with Gasteiger partial charge in [0.2, 0.25) is 0 Å². The van der Waals surface area contributed by atoms with Gasteiger partial charge in [0.15, 0.2) is 0 Å². The lowest BCUT2D eigenvalue weighted by Crippen LogP contribution is -2.49. The molecule has 0 radical (unpaired) electrons. The normalized spacial score (nSPS) is 33.1. The van der Waals surface area contributed by atoms with Gasteiger partial charge in [0.25, 0.3) is 0 Å². The summed E-state index contributed by atoms with van der Waals surface area (Å²) in [6, 6.07) is 9.56. The monoisotopic (exact) mass is 382 g/mol. The third kappa shape index (κ3) is 2.37. The molecule has 0 aliphatic carbocycles. The van der Waals surface area contributed by atoms with Crippen molar-refractivity contribution in [3.05, 3.63) is 33.4 Å². The molecule has 0 spiro atoms. The summed E-state index contributed by atoms with van der Waals surface area (Å²) in [6.45, 7) is 0. The van der Waals surface area contributed by atoms with Gasteiger partial charge in [-0.3, -0.25) is 9.69 Å². The van der Waals surface area contributed by atoms with Crippen molar-refractivity contribution in [1.82, 2.24) is 4.90 Å². The molecule has 1 aromatic rings. The highest BCUT2D eigenvalue weighted by Crippen LogP contribution is 2.46. The summed E-state index contributed by atoms with van der Waals surface area (Å²) < 4.78 is 6.33. The Morgan fingerprint density at radius 1 is 1.30 bits per heavy atom. The Bertz CT molecular complexity index is 502. The van der Waals surface area contributed by atoms with Crippen LogP contribution in [0.4, 0.5) is 0 Å². The number of esters is 1. The quantitative estimate of drug-likeness (QED) is 0.582. The summed E-state index contributed by atoms with van der Waals surface area (Å²) >= 11 is 2.32. The number of piperidine rings is 1. The van der Waals surface area contributed by atoms with E-state index in [-0.39, 0.29) is 11.9 Å². The molecule has 4 atom stereocenters. The lowest BCUT2D eigenvalue weighted by Gasteiger charge is -2.41. The maximum absolute atomic E-state index is 12.3. The van der Waals surface area contributed by atoms with Crippen molar-refractivity contribution in [3.8, 4) is 0 Å². The van der Waals surface area contributed by atoms with Crippen LogP contribution in [0.5, 0.6) is 0 Å². The minimum Gasteiger partial charge on any atom is -0.469 e. The molecule has 2 heterocycles. The fraction of sp³-hybridized carbons (Fsp3) is 0.562. The third-order valence-electron chi connectivity index (χ3n) is 5.04. The SMILES string of the molecule is COC(=O)[C@@H]1C2CCC(C[C@@H]1c1ccc([124I])cc1)N2C. The van der Waals surface area contributed by atoms with Crippen molar-refractivity contribution in [3.63, 3.8) is 0 Å². The summed E-state index contributed by atoms with van der Waals surface area (Å²) in [6.07, 6.45) is 3.38. The van der Waals surface area contributed by atoms with Crippen LogP contribution >= 0.6 is 22.6 Å². The molecule has 2 bridgehead atoms. The summed E-state index contributed by atoms with van der Waals surface area (Å²) in [4.78, 5) is 14.7. The van der Waals surface area contributed by atoms with Gasteiger partial charge < -0.3 is 4.74 Å². The van der Waals surface area contributed by atoms with Crippen LogP contribution in [-0.2, 0) is 9.53 Å². The molecule has 1 aromatic carbocycles. The fourth-order valence-electron chi connectivity index (χ4n) is 3.98. The van der Waals surface area contributed by atoms with Gasteiger partial charge in [0.05, 0.1) is 13.0 Å². The van der Waals surface area contributed by atoms with Crippen molar-refractivity contribution in [2.24, 2.45) is 5.92 Å². The van der Waals surface area contributed by atoms with Gasteiger partial charge >= 0.3 is 5.97 Å². The van der Waals surface area contributed by atoms with Gasteiger partial charge in [-0.1, -0.05) is 12.1 Å². The van der Waals surface area contributed by atoms with Gasteiger partial charge in [-0.05, 0) is 66.6 Å². The number of nitrogens with zero attached hydrogens (tertiary/aromatic N) is 1. The molecular formula is C16H20INO2. The van der Waals surface area contributed by atoms with E-state index >= 15 is 0 Å². The molecule has 108 valence electrons. The van der Waals surface area contributed by atoms with Crippen LogP contribution in [0.25, 0.3) is 0 Å². The number of rotatable bonds is 2. The second kappa shape index (κ2) is 5.64. The Hall–Kier alpha value is -0.620. The molecule has 3 rings (SSSR count). The molecule has 2 saturated heterocycles. The van der Waals surface area contributed by atoms with Crippen LogP contribution < -0.4 is 0 Å². The van der Waals surface area contributed by atoms with Crippen LogP contribution in [0.3, 0.4) is 0 Å². The van der Waals surface area contributed by atoms with Crippen LogP contribution in [0.15, 0.2) is 24.3 Å². The number of ether oxygens (including phenoxy) is 1. The van der Waals surface area contributed by atoms with Gasteiger partial charge in [0, 0.05) is 21.6 Å². The number of methoxy groups -OCH3 is 1. The Balaban J connectivity index is 1.95. The summed E-state index contributed by atoms with van der Waals surface area (Å²) in [5.41, 5.74) is 1.28. The molecule has 0 aromatic heterocycles. The number of halogens is 1. The van der Waals surface area contributed by atoms with Crippen molar-refractivity contribution in [2.45, 2.75) is 37.3 Å². The van der Waals surface area contributed by atoms with Crippen molar-refractivity contribution >= 4 is 28.6 Å². The van der Waals surface area contributed by atoms with Crippen molar-refractivity contribution in [1.29, 1.82) is 0 Å². The minimum atomic E-state index is -0.0502. The number of benzene rings is 1. The first-order chi connectivity index (χ1) is 9.61. The van der Waals surface area contributed by atoms with Crippen molar-refractivity contribution in [2.75, 3.05) is 14.2 Å². The lowest BCUT2D eigenvalue weighted by atomic mass is 9.76. The first-order valence-corrected chi connectivity index (χ1v) is 8.25. The first kappa shape index (κ1) is 14.3. The van der Waals surface area contributed by atoms with E-state index in [1.165, 1.54) is 22.7 Å². The average Bonchev–Trinajstić information content (AvgIpc) is 2.70. The van der Waals surface area contributed by atoms with Gasteiger partial charge in [-0.25, -0.2) is 0 Å². The first-order valence-electron chi connectivity index (χ1n) is 7.17. The number of hydrogen-bond acceptors (Lipinski definition) is 3. The third-order valence-corrected chi connectivity index (χ3v) is 5.76. The highest BCUT2D eigenvalue weighted by molar-refractivity contribution is 14.1. The molecule has 2 aliphatic rings. The Kier molecular flexibility index (Phi) is 4.04. The number of fused-ring (bicyclic) bond motifs is 2. The van der Waals surface area contributed by atoms with E-state index in [0.29, 0.717) is 18.0 Å². The second-order valence-corrected chi connectivity index (χ2v) is 7.15. The largest absolute Gasteiger partial charge is 0.469 e. The topological polar surface area (TPSA) is 29.5 Å². The molecule has 0 N–H and O–H groups in total. The molecule has 2 fully saturated rings. The van der Waals surface area contributed by atoms with E-state index in [2.05, 4.69) is 58.8 Å². The van der Waals surface area contributed by atoms with Crippen LogP contribution in [-0.4, -0.2) is 37.1 Å². The molecule has 2 aliphatic heterocycles. The average molecular weight is 382 g/mol. The number of carbonyl (C=O) groups excluding carboxylic acids is 1. The Morgan fingerprint density at radius 3 is 2.65 bits per heavy atom. The van der Waals surface area contributed by atoms with E-state index in [4.69, 9.17) is 4.74 Å². The molecule has 2 unspecified atom stereocenters. The summed E-state index contributed by atoms with van der Waals surface area (Å²) in [7, 11) is 3.66. The molecule has 0 amide bonds. The standard InChI is InChI=1S/C16H20INO2/c1-18-12-7-8-14(18)15(16(19)20-2)13(9-12)10-3-5-11(17)6-4-10/h3-6,12-15H,7-9H2,1-2H3/t12?,13-,14?,15+/m1/s1/i17-3. The predicted molar refractivity (Wildman–Crippen MR) is 86.6 cm³/mol. The Labute approximate surface area is 133 Å². The summed E-state index contributed by atoms with van der Waals surface area (Å²) in [5.74, 6) is 0.225. The fourth-order valence-corrected chi connectivity index (χ4v) is 4.34. The van der Waals surface area contributed by atoms with E-state index < -0.39 is 0 Å². The minimum absolute atomic E-state index is 0.0242. The maximum atomic E-state index is 12.3. The zero-order chi connectivity index (χ0) is 14.3. The van der Waals surface area contributed by atoms with E-state index in [1.54, 1.807) is 0 Å². The van der Waals surface area contributed by atoms with Crippen LogP contribution in [0, 0.1) is 9.49 Å². The molecule has 0 saturated carbocycles. The molecule has 20 heavy (non-hydrogen) atoms. The van der Waals surface area contributed by atoms with Crippen LogP contribution in [0.1, 0.15) is 30.7 Å². The number of carbonyl (C=O) groups is 1. The summed E-state index contributed by atoms with van der Waals surface area (Å²) in [5, 5.41) is 0. The number of hydrogen-bond donors (Lipinski definition) is 0. The highest BCUT2D eigenvalue weighted by atomic mass is 124. The maximum Gasteiger partial charge on any atom is 0.310 e. The molecule has 4 heteroatoms. The zero-order valence-corrected chi connectivity index (χ0v) is 14.0. The van der Waals surface area contributed by atoms with E-state index in [0.717, 1.165) is 12.8 Å².